The Morgan fingerprint density at radius 3 is 1.84 bits per heavy atom. The molecule has 0 bridgehead atoms. The topological polar surface area (TPSA) is 9.23 Å². The Balaban J connectivity index is 1.34. The van der Waals surface area contributed by atoms with Gasteiger partial charge in [-0.3, -0.25) is 0 Å². The van der Waals surface area contributed by atoms with Gasteiger partial charge in [0.05, 0.1) is 0 Å². The largest absolute Gasteiger partial charge is 0.457 e. The van der Waals surface area contributed by atoms with Crippen LogP contribution in [0.5, 0.6) is 5.75 Å². The van der Waals surface area contributed by atoms with Crippen molar-refractivity contribution in [3.8, 4) is 5.75 Å². The summed E-state index contributed by atoms with van der Waals surface area (Å²) >= 11 is 0. The van der Waals surface area contributed by atoms with Gasteiger partial charge in [-0.2, -0.15) is 17.6 Å². The zero-order valence-corrected chi connectivity index (χ0v) is 18.8. The van der Waals surface area contributed by atoms with Gasteiger partial charge in [0, 0.05) is 0 Å². The summed E-state index contributed by atoms with van der Waals surface area (Å²) in [6.45, 7) is 2.28. The first-order valence-electron chi connectivity index (χ1n) is 12.3. The van der Waals surface area contributed by atoms with E-state index in [1.807, 2.05) is 0 Å². The van der Waals surface area contributed by atoms with Crippen LogP contribution in [0.3, 0.4) is 0 Å². The van der Waals surface area contributed by atoms with E-state index in [2.05, 4.69) is 11.7 Å². The highest BCUT2D eigenvalue weighted by atomic mass is 19.4. The minimum atomic E-state index is -4.99. The van der Waals surface area contributed by atoms with Crippen LogP contribution in [0.1, 0.15) is 89.5 Å². The van der Waals surface area contributed by atoms with E-state index in [0.717, 1.165) is 42.1 Å². The van der Waals surface area contributed by atoms with E-state index >= 15 is 0 Å². The SMILES string of the molecule is CCCCC1CCC(C2CCC(CCc3ccc(OC(F)C(F)(F)F)cc3)CC2)CC1. The molecule has 1 nitrogen and oxygen atoms in total. The second-order valence-electron chi connectivity index (χ2n) is 9.86. The van der Waals surface area contributed by atoms with E-state index in [4.69, 9.17) is 0 Å². The van der Waals surface area contributed by atoms with Crippen LogP contribution in [0.4, 0.5) is 17.6 Å². The summed E-state index contributed by atoms with van der Waals surface area (Å²) in [5.74, 6) is 3.50. The van der Waals surface area contributed by atoms with Gasteiger partial charge in [-0.25, -0.2) is 0 Å². The molecule has 0 saturated heterocycles. The molecule has 2 aliphatic carbocycles. The van der Waals surface area contributed by atoms with E-state index < -0.39 is 12.5 Å². The van der Waals surface area contributed by atoms with Crippen LogP contribution in [0.15, 0.2) is 24.3 Å². The molecule has 2 fully saturated rings. The summed E-state index contributed by atoms with van der Waals surface area (Å²) in [5.41, 5.74) is 1.07. The summed E-state index contributed by atoms with van der Waals surface area (Å²) in [6, 6.07) is 6.37. The molecule has 176 valence electrons. The number of hydrogen-bond acceptors (Lipinski definition) is 1. The third kappa shape index (κ3) is 7.68. The lowest BCUT2D eigenvalue weighted by Crippen LogP contribution is -2.29. The smallest absolute Gasteiger partial charge is 0.452 e. The number of rotatable bonds is 9. The minimum Gasteiger partial charge on any atom is -0.452 e. The monoisotopic (exact) mass is 442 g/mol. The fraction of sp³-hybridized carbons (Fsp3) is 0.769. The fourth-order valence-corrected chi connectivity index (χ4v) is 5.68. The molecule has 1 atom stereocenters. The average Bonchev–Trinajstić information content (AvgIpc) is 2.77. The zero-order valence-electron chi connectivity index (χ0n) is 18.8. The van der Waals surface area contributed by atoms with Crippen LogP contribution < -0.4 is 4.74 Å². The van der Waals surface area contributed by atoms with Gasteiger partial charge in [-0.15, -0.1) is 0 Å². The lowest BCUT2D eigenvalue weighted by Gasteiger charge is -2.38. The number of alkyl halides is 4. The van der Waals surface area contributed by atoms with Crippen molar-refractivity contribution in [1.82, 2.24) is 0 Å². The third-order valence-electron chi connectivity index (χ3n) is 7.68. The molecule has 0 N–H and O–H groups in total. The fourth-order valence-electron chi connectivity index (χ4n) is 5.68. The Bertz CT molecular complexity index is 626. The average molecular weight is 443 g/mol. The molecule has 0 heterocycles. The maximum atomic E-state index is 13.0. The Kier molecular flexibility index (Phi) is 9.09. The Morgan fingerprint density at radius 1 is 0.839 bits per heavy atom. The number of ether oxygens (including phenoxy) is 1. The van der Waals surface area contributed by atoms with E-state index in [9.17, 15) is 17.6 Å². The Hall–Kier alpha value is -1.26. The van der Waals surface area contributed by atoms with E-state index in [0.29, 0.717) is 0 Å². The summed E-state index contributed by atoms with van der Waals surface area (Å²) in [4.78, 5) is 0. The van der Waals surface area contributed by atoms with Gasteiger partial charge in [0.25, 0.3) is 0 Å². The van der Waals surface area contributed by atoms with Gasteiger partial charge in [0.2, 0.25) is 0 Å². The molecule has 0 spiro atoms. The van der Waals surface area contributed by atoms with Gasteiger partial charge in [0.15, 0.2) is 0 Å². The number of aryl methyl sites for hydroxylation is 1. The van der Waals surface area contributed by atoms with Gasteiger partial charge < -0.3 is 4.74 Å². The van der Waals surface area contributed by atoms with Crippen LogP contribution in [-0.2, 0) is 6.42 Å². The highest BCUT2D eigenvalue weighted by molar-refractivity contribution is 5.27. The van der Waals surface area contributed by atoms with Crippen LogP contribution in [0.2, 0.25) is 0 Å². The van der Waals surface area contributed by atoms with Crippen LogP contribution >= 0.6 is 0 Å². The third-order valence-corrected chi connectivity index (χ3v) is 7.68. The number of hydrogen-bond donors (Lipinski definition) is 0. The van der Waals surface area contributed by atoms with Crippen molar-refractivity contribution in [1.29, 1.82) is 0 Å². The normalized spacial score (nSPS) is 28.3. The highest BCUT2D eigenvalue weighted by Crippen LogP contribution is 2.43. The first-order valence-corrected chi connectivity index (χ1v) is 12.3. The Morgan fingerprint density at radius 2 is 1.35 bits per heavy atom. The van der Waals surface area contributed by atoms with Gasteiger partial charge >= 0.3 is 12.5 Å². The van der Waals surface area contributed by atoms with Crippen molar-refractivity contribution in [3.05, 3.63) is 29.8 Å². The molecule has 0 aliphatic heterocycles. The lowest BCUT2D eigenvalue weighted by molar-refractivity contribution is -0.236. The molecular formula is C26H38F4O. The van der Waals surface area contributed by atoms with Gasteiger partial charge in [-0.05, 0) is 79.9 Å². The van der Waals surface area contributed by atoms with Crippen molar-refractivity contribution in [2.24, 2.45) is 23.7 Å². The van der Waals surface area contributed by atoms with Crippen molar-refractivity contribution in [2.75, 3.05) is 0 Å². The summed E-state index contributed by atoms with van der Waals surface area (Å²) < 4.78 is 54.1. The predicted octanol–water partition coefficient (Wildman–Crippen LogP) is 8.66. The first kappa shape index (κ1) is 24.4. The van der Waals surface area contributed by atoms with Crippen LogP contribution in [0, 0.1) is 23.7 Å². The quantitative estimate of drug-likeness (QED) is 0.348. The van der Waals surface area contributed by atoms with E-state index in [-0.39, 0.29) is 5.75 Å². The summed E-state index contributed by atoms with van der Waals surface area (Å²) in [6.07, 6.45) is 8.97. The standard InChI is InChI=1S/C26H38F4O/c1-2-3-4-19-7-13-22(14-8-19)23-15-9-20(10-16-23)5-6-21-11-17-24(18-12-21)31-25(27)26(28,29)30/h11-12,17-20,22-23,25H,2-10,13-16H2,1H3. The van der Waals surface area contributed by atoms with Crippen molar-refractivity contribution >= 4 is 0 Å². The number of unbranched alkanes of at least 4 members (excludes halogenated alkanes) is 1. The molecule has 0 aromatic heterocycles. The van der Waals surface area contributed by atoms with Crippen LogP contribution in [-0.4, -0.2) is 12.5 Å². The molecule has 0 radical (unpaired) electrons. The van der Waals surface area contributed by atoms with Crippen molar-refractivity contribution in [2.45, 2.75) is 103 Å². The van der Waals surface area contributed by atoms with E-state index in [1.165, 1.54) is 82.8 Å². The molecule has 0 amide bonds. The molecule has 1 aromatic rings. The molecule has 1 aromatic carbocycles. The second kappa shape index (κ2) is 11.6. The second-order valence-corrected chi connectivity index (χ2v) is 9.86. The summed E-state index contributed by atoms with van der Waals surface area (Å²) in [5, 5.41) is 0. The molecule has 1 unspecified atom stereocenters. The van der Waals surface area contributed by atoms with Crippen molar-refractivity contribution in [3.63, 3.8) is 0 Å². The molecule has 3 rings (SSSR count). The van der Waals surface area contributed by atoms with Gasteiger partial charge in [0.1, 0.15) is 5.75 Å². The van der Waals surface area contributed by atoms with Crippen molar-refractivity contribution < 1.29 is 22.3 Å². The van der Waals surface area contributed by atoms with Crippen LogP contribution in [0.25, 0.3) is 0 Å². The molecule has 2 saturated carbocycles. The maximum absolute atomic E-state index is 13.0. The Labute approximate surface area is 184 Å². The maximum Gasteiger partial charge on any atom is 0.457 e. The molecule has 5 heteroatoms. The zero-order chi connectivity index (χ0) is 22.3. The van der Waals surface area contributed by atoms with E-state index in [1.54, 1.807) is 12.1 Å². The van der Waals surface area contributed by atoms with Gasteiger partial charge in [-0.1, -0.05) is 64.0 Å². The highest BCUT2D eigenvalue weighted by Gasteiger charge is 2.42. The summed E-state index contributed by atoms with van der Waals surface area (Å²) in [7, 11) is 0. The predicted molar refractivity (Wildman–Crippen MR) is 117 cm³/mol. The first-order chi connectivity index (χ1) is 14.8. The molecule has 31 heavy (non-hydrogen) atoms. The molecule has 2 aliphatic rings. The molecular weight excluding hydrogens is 404 g/mol. The minimum absolute atomic E-state index is 0.0847. The lowest BCUT2D eigenvalue weighted by atomic mass is 9.68. The number of halogens is 4. The number of benzene rings is 1.